The number of nitrogens with one attached hydrogen (secondary N) is 1. The molecule has 0 atom stereocenters. The highest BCUT2D eigenvalue weighted by molar-refractivity contribution is 6.31. The number of alkyl halides is 3. The van der Waals surface area contributed by atoms with Gasteiger partial charge in [0.25, 0.3) is 0 Å². The molecule has 0 spiro atoms. The number of amides is 1. The minimum Gasteiger partial charge on any atom is -1.00 e. The highest BCUT2D eigenvalue weighted by atomic mass is 79.9. The Morgan fingerprint density at radius 3 is 2.44 bits per heavy atom. The standard InChI is InChI=1S/C17H16ClF3N2O.BrH/c18-15-8-7-13(12-14(15)17(19,20)21)22-16(24)6-2-5-11-23-9-3-1-4-10-23;/h1,3-4,7-10,12H,2,5-6,11H2;1H. The van der Waals surface area contributed by atoms with Gasteiger partial charge in [-0.3, -0.25) is 4.79 Å². The van der Waals surface area contributed by atoms with E-state index in [4.69, 9.17) is 11.6 Å². The molecule has 1 N–H and O–H groups in total. The van der Waals surface area contributed by atoms with Crippen molar-refractivity contribution < 1.29 is 39.5 Å². The van der Waals surface area contributed by atoms with E-state index in [1.165, 1.54) is 6.07 Å². The highest BCUT2D eigenvalue weighted by Gasteiger charge is 2.33. The molecule has 0 fully saturated rings. The van der Waals surface area contributed by atoms with Gasteiger partial charge in [0, 0.05) is 30.7 Å². The molecule has 25 heavy (non-hydrogen) atoms. The molecule has 1 amide bonds. The molecular weight excluding hydrogens is 421 g/mol. The first-order valence-corrected chi connectivity index (χ1v) is 7.85. The molecule has 1 heterocycles. The smallest absolute Gasteiger partial charge is 0.417 e. The zero-order chi connectivity index (χ0) is 17.6. The molecule has 0 radical (unpaired) electrons. The molecular formula is C17H17BrClF3N2O. The average molecular weight is 438 g/mol. The van der Waals surface area contributed by atoms with Crippen molar-refractivity contribution in [1.82, 2.24) is 0 Å². The SMILES string of the molecule is O=C(CCCC[n+]1ccccc1)Nc1ccc(Cl)c(C(F)(F)F)c1.[Br-]. The second kappa shape index (κ2) is 9.77. The number of hydrogen-bond acceptors (Lipinski definition) is 1. The summed E-state index contributed by atoms with van der Waals surface area (Å²) in [5.74, 6) is -0.316. The van der Waals surface area contributed by atoms with Gasteiger partial charge >= 0.3 is 6.18 Å². The largest absolute Gasteiger partial charge is 1.00 e. The van der Waals surface area contributed by atoms with Crippen LogP contribution in [-0.2, 0) is 17.5 Å². The zero-order valence-electron chi connectivity index (χ0n) is 13.2. The lowest BCUT2D eigenvalue weighted by Crippen LogP contribution is -3.00. The van der Waals surface area contributed by atoms with Gasteiger partial charge in [0.15, 0.2) is 12.4 Å². The normalized spacial score (nSPS) is 10.9. The number of hydrogen-bond donors (Lipinski definition) is 1. The summed E-state index contributed by atoms with van der Waals surface area (Å²) in [7, 11) is 0. The van der Waals surface area contributed by atoms with Crippen LogP contribution in [0.15, 0.2) is 48.8 Å². The van der Waals surface area contributed by atoms with Crippen molar-refractivity contribution in [2.75, 3.05) is 5.32 Å². The molecule has 0 saturated heterocycles. The van der Waals surface area contributed by atoms with Gasteiger partial charge < -0.3 is 22.3 Å². The summed E-state index contributed by atoms with van der Waals surface area (Å²) in [6, 6.07) is 9.10. The Morgan fingerprint density at radius 1 is 1.12 bits per heavy atom. The van der Waals surface area contributed by atoms with Crippen LogP contribution in [0.4, 0.5) is 18.9 Å². The van der Waals surface area contributed by atoms with Crippen molar-refractivity contribution in [1.29, 1.82) is 0 Å². The number of aryl methyl sites for hydroxylation is 1. The molecule has 0 aliphatic carbocycles. The van der Waals surface area contributed by atoms with E-state index in [1.807, 2.05) is 35.2 Å². The summed E-state index contributed by atoms with van der Waals surface area (Å²) in [6.45, 7) is 0.785. The van der Waals surface area contributed by atoms with E-state index >= 15 is 0 Å². The third kappa shape index (κ3) is 7.04. The number of aromatic nitrogens is 1. The van der Waals surface area contributed by atoms with Crippen molar-refractivity contribution in [2.45, 2.75) is 32.0 Å². The lowest BCUT2D eigenvalue weighted by molar-refractivity contribution is -0.697. The topological polar surface area (TPSA) is 33.0 Å². The van der Waals surface area contributed by atoms with Gasteiger partial charge in [0.2, 0.25) is 5.91 Å². The molecule has 3 nitrogen and oxygen atoms in total. The van der Waals surface area contributed by atoms with Crippen LogP contribution >= 0.6 is 11.6 Å². The van der Waals surface area contributed by atoms with E-state index in [0.29, 0.717) is 6.42 Å². The quantitative estimate of drug-likeness (QED) is 0.539. The van der Waals surface area contributed by atoms with Crippen molar-refractivity contribution in [3.8, 4) is 0 Å². The number of carbonyl (C=O) groups excluding carboxylic acids is 1. The van der Waals surface area contributed by atoms with Crippen LogP contribution in [0.1, 0.15) is 24.8 Å². The summed E-state index contributed by atoms with van der Waals surface area (Å²) < 4.78 is 40.3. The van der Waals surface area contributed by atoms with Crippen molar-refractivity contribution in [3.63, 3.8) is 0 Å². The van der Waals surface area contributed by atoms with Gasteiger partial charge in [-0.1, -0.05) is 17.7 Å². The zero-order valence-corrected chi connectivity index (χ0v) is 15.5. The molecule has 0 unspecified atom stereocenters. The first-order chi connectivity index (χ1) is 11.4. The number of unbranched alkanes of at least 4 members (excludes halogenated alkanes) is 1. The maximum absolute atomic E-state index is 12.8. The maximum Gasteiger partial charge on any atom is 0.417 e. The predicted molar refractivity (Wildman–Crippen MR) is 85.6 cm³/mol. The Bertz CT molecular complexity index is 696. The lowest BCUT2D eigenvalue weighted by Gasteiger charge is -2.11. The van der Waals surface area contributed by atoms with Crippen LogP contribution in [0.5, 0.6) is 0 Å². The van der Waals surface area contributed by atoms with Crippen LogP contribution < -0.4 is 26.9 Å². The number of pyridine rings is 1. The molecule has 8 heteroatoms. The molecule has 0 aliphatic heterocycles. The van der Waals surface area contributed by atoms with Gasteiger partial charge in [-0.15, -0.1) is 0 Å². The van der Waals surface area contributed by atoms with Crippen LogP contribution in [0, 0.1) is 0 Å². The van der Waals surface area contributed by atoms with Crippen LogP contribution in [0.25, 0.3) is 0 Å². The average Bonchev–Trinajstić information content (AvgIpc) is 2.53. The number of anilines is 1. The number of rotatable bonds is 6. The van der Waals surface area contributed by atoms with Crippen LogP contribution in [-0.4, -0.2) is 5.91 Å². The van der Waals surface area contributed by atoms with Crippen molar-refractivity contribution in [2.24, 2.45) is 0 Å². The fourth-order valence-corrected chi connectivity index (χ4v) is 2.43. The second-order valence-electron chi connectivity index (χ2n) is 5.31. The molecule has 2 aromatic rings. The van der Waals surface area contributed by atoms with E-state index in [-0.39, 0.29) is 40.0 Å². The number of halogens is 5. The number of nitrogens with zero attached hydrogens (tertiary/aromatic N) is 1. The summed E-state index contributed by atoms with van der Waals surface area (Å²) in [4.78, 5) is 11.8. The fourth-order valence-electron chi connectivity index (χ4n) is 2.21. The Balaban J connectivity index is 0.00000312. The van der Waals surface area contributed by atoms with Crippen molar-refractivity contribution in [3.05, 3.63) is 59.4 Å². The van der Waals surface area contributed by atoms with Crippen LogP contribution in [0.2, 0.25) is 5.02 Å². The number of benzene rings is 1. The van der Waals surface area contributed by atoms with E-state index < -0.39 is 11.7 Å². The molecule has 0 saturated carbocycles. The Hall–Kier alpha value is -1.60. The summed E-state index contributed by atoms with van der Waals surface area (Å²) in [5.41, 5.74) is -0.864. The lowest BCUT2D eigenvalue weighted by atomic mass is 10.1. The monoisotopic (exact) mass is 436 g/mol. The molecule has 0 aliphatic rings. The Morgan fingerprint density at radius 2 is 1.80 bits per heavy atom. The van der Waals surface area contributed by atoms with E-state index in [1.54, 1.807) is 0 Å². The van der Waals surface area contributed by atoms with E-state index in [0.717, 1.165) is 25.1 Å². The van der Waals surface area contributed by atoms with Crippen molar-refractivity contribution >= 4 is 23.2 Å². The molecule has 2 rings (SSSR count). The van der Waals surface area contributed by atoms with Gasteiger partial charge in [0.1, 0.15) is 6.54 Å². The third-order valence-electron chi connectivity index (χ3n) is 3.40. The highest BCUT2D eigenvalue weighted by Crippen LogP contribution is 2.36. The minimum absolute atomic E-state index is 0. The maximum atomic E-state index is 12.8. The molecule has 1 aromatic carbocycles. The third-order valence-corrected chi connectivity index (χ3v) is 3.73. The molecule has 136 valence electrons. The number of carbonyl (C=O) groups is 1. The Kier molecular flexibility index (Phi) is 8.38. The molecule has 1 aromatic heterocycles. The summed E-state index contributed by atoms with van der Waals surface area (Å²) in [6.07, 6.45) is 1.02. The Labute approximate surface area is 159 Å². The van der Waals surface area contributed by atoms with Gasteiger partial charge in [0.05, 0.1) is 10.6 Å². The van der Waals surface area contributed by atoms with E-state index in [9.17, 15) is 18.0 Å². The van der Waals surface area contributed by atoms with Gasteiger partial charge in [-0.05, 0) is 24.6 Å². The summed E-state index contributed by atoms with van der Waals surface area (Å²) >= 11 is 5.54. The first-order valence-electron chi connectivity index (χ1n) is 7.47. The van der Waals surface area contributed by atoms with Gasteiger partial charge in [-0.2, -0.15) is 13.2 Å². The van der Waals surface area contributed by atoms with E-state index in [2.05, 4.69) is 5.32 Å². The predicted octanol–water partition coefficient (Wildman–Crippen LogP) is 1.46. The molecule has 0 bridgehead atoms. The summed E-state index contributed by atoms with van der Waals surface area (Å²) in [5, 5.41) is 2.09. The minimum atomic E-state index is -4.55. The van der Waals surface area contributed by atoms with Gasteiger partial charge in [-0.25, -0.2) is 4.57 Å². The van der Waals surface area contributed by atoms with Crippen LogP contribution in [0.3, 0.4) is 0 Å². The first kappa shape index (κ1) is 21.4. The second-order valence-corrected chi connectivity index (χ2v) is 5.72. The fraction of sp³-hybridized carbons (Fsp3) is 0.294.